The van der Waals surface area contributed by atoms with Crippen molar-refractivity contribution in [3.05, 3.63) is 42.5 Å². The van der Waals surface area contributed by atoms with Crippen molar-refractivity contribution in [2.24, 2.45) is 5.73 Å². The first kappa shape index (κ1) is 11.3. The Labute approximate surface area is 98.9 Å². The first-order valence-corrected chi connectivity index (χ1v) is 5.26. The molecule has 0 saturated heterocycles. The summed E-state index contributed by atoms with van der Waals surface area (Å²) in [5, 5.41) is 9.53. The number of hydrogen-bond donors (Lipinski definition) is 2. The van der Waals surface area contributed by atoms with E-state index in [0.29, 0.717) is 30.3 Å². The smallest absolute Gasteiger partial charge is 0.169 e. The van der Waals surface area contributed by atoms with E-state index in [1.807, 2.05) is 0 Å². The summed E-state index contributed by atoms with van der Waals surface area (Å²) >= 11 is 0. The van der Waals surface area contributed by atoms with Crippen LogP contribution in [0.1, 0.15) is 5.82 Å². The van der Waals surface area contributed by atoms with Gasteiger partial charge in [-0.3, -0.25) is 0 Å². The minimum Gasteiger partial charge on any atom is -0.504 e. The van der Waals surface area contributed by atoms with Gasteiger partial charge >= 0.3 is 0 Å². The van der Waals surface area contributed by atoms with Crippen molar-refractivity contribution in [1.29, 1.82) is 0 Å². The van der Waals surface area contributed by atoms with E-state index in [1.165, 1.54) is 0 Å². The summed E-state index contributed by atoms with van der Waals surface area (Å²) < 4.78 is 5.44. The van der Waals surface area contributed by atoms with Crippen LogP contribution < -0.4 is 10.5 Å². The second-order valence-corrected chi connectivity index (χ2v) is 3.44. The van der Waals surface area contributed by atoms with Gasteiger partial charge in [-0.15, -0.1) is 0 Å². The average Bonchev–Trinajstić information content (AvgIpc) is 2.35. The van der Waals surface area contributed by atoms with Crippen LogP contribution in [0.25, 0.3) is 0 Å². The Morgan fingerprint density at radius 1 is 1.18 bits per heavy atom. The van der Waals surface area contributed by atoms with E-state index in [-0.39, 0.29) is 5.75 Å². The molecule has 2 aromatic rings. The van der Waals surface area contributed by atoms with Gasteiger partial charge in [0, 0.05) is 6.42 Å². The first-order valence-electron chi connectivity index (χ1n) is 5.26. The summed E-state index contributed by atoms with van der Waals surface area (Å²) in [6.07, 6.45) is 3.76. The van der Waals surface area contributed by atoms with Crippen LogP contribution in [0.3, 0.4) is 0 Å². The van der Waals surface area contributed by atoms with Gasteiger partial charge in [-0.25, -0.2) is 9.97 Å². The van der Waals surface area contributed by atoms with Crippen LogP contribution in [0.5, 0.6) is 17.2 Å². The van der Waals surface area contributed by atoms with Gasteiger partial charge in [0.25, 0.3) is 0 Å². The third kappa shape index (κ3) is 2.92. The van der Waals surface area contributed by atoms with Gasteiger partial charge in [0.15, 0.2) is 17.2 Å². The Bertz CT molecular complexity index is 485. The number of hydrogen-bond acceptors (Lipinski definition) is 5. The molecule has 17 heavy (non-hydrogen) atoms. The average molecular weight is 231 g/mol. The molecule has 0 amide bonds. The van der Waals surface area contributed by atoms with Crippen LogP contribution >= 0.6 is 0 Å². The summed E-state index contributed by atoms with van der Waals surface area (Å²) in [5.74, 6) is 1.62. The molecule has 5 nitrogen and oxygen atoms in total. The van der Waals surface area contributed by atoms with Crippen molar-refractivity contribution >= 4 is 0 Å². The molecular weight excluding hydrogens is 218 g/mol. The molecule has 0 aliphatic heterocycles. The molecule has 0 aliphatic rings. The molecule has 0 saturated carbocycles. The largest absolute Gasteiger partial charge is 0.504 e. The number of benzene rings is 1. The number of phenols is 1. The fourth-order valence-electron chi connectivity index (χ4n) is 1.32. The molecule has 0 unspecified atom stereocenters. The Morgan fingerprint density at radius 2 is 1.88 bits per heavy atom. The molecule has 0 bridgehead atoms. The maximum atomic E-state index is 9.53. The minimum absolute atomic E-state index is 0.0820. The monoisotopic (exact) mass is 231 g/mol. The summed E-state index contributed by atoms with van der Waals surface area (Å²) in [5.41, 5.74) is 5.40. The topological polar surface area (TPSA) is 81.3 Å². The lowest BCUT2D eigenvalue weighted by Gasteiger charge is -2.06. The van der Waals surface area contributed by atoms with Gasteiger partial charge in [0.05, 0.1) is 12.4 Å². The normalized spacial score (nSPS) is 10.2. The minimum atomic E-state index is 0.0820. The third-order valence-electron chi connectivity index (χ3n) is 2.14. The van der Waals surface area contributed by atoms with Crippen molar-refractivity contribution in [3.63, 3.8) is 0 Å². The van der Waals surface area contributed by atoms with E-state index in [1.54, 1.807) is 36.7 Å². The van der Waals surface area contributed by atoms with Crippen molar-refractivity contribution < 1.29 is 9.84 Å². The van der Waals surface area contributed by atoms with Crippen molar-refractivity contribution in [2.75, 3.05) is 6.54 Å². The van der Waals surface area contributed by atoms with Crippen LogP contribution in [0.15, 0.2) is 36.7 Å². The van der Waals surface area contributed by atoms with Gasteiger partial charge in [-0.1, -0.05) is 12.1 Å². The number of ether oxygens (including phenoxy) is 1. The van der Waals surface area contributed by atoms with E-state index < -0.39 is 0 Å². The highest BCUT2D eigenvalue weighted by Gasteiger charge is 2.03. The van der Waals surface area contributed by atoms with Crippen LogP contribution in [0, 0.1) is 0 Å². The third-order valence-corrected chi connectivity index (χ3v) is 2.14. The highest BCUT2D eigenvalue weighted by molar-refractivity contribution is 5.40. The molecule has 0 radical (unpaired) electrons. The molecule has 0 aliphatic carbocycles. The van der Waals surface area contributed by atoms with Crippen LogP contribution in [0.2, 0.25) is 0 Å². The van der Waals surface area contributed by atoms with Gasteiger partial charge in [0.1, 0.15) is 5.82 Å². The number of nitrogens with two attached hydrogens (primary N) is 1. The van der Waals surface area contributed by atoms with E-state index in [2.05, 4.69) is 9.97 Å². The SMILES string of the molecule is NCCc1ncc(Oc2ccccc2O)cn1. The number of nitrogens with zero attached hydrogens (tertiary/aromatic N) is 2. The molecule has 1 aromatic heterocycles. The van der Waals surface area contributed by atoms with Crippen molar-refractivity contribution in [1.82, 2.24) is 9.97 Å². The predicted molar refractivity (Wildman–Crippen MR) is 63.0 cm³/mol. The molecule has 5 heteroatoms. The quantitative estimate of drug-likeness (QED) is 0.832. The first-order chi connectivity index (χ1) is 8.29. The lowest BCUT2D eigenvalue weighted by atomic mass is 10.3. The summed E-state index contributed by atoms with van der Waals surface area (Å²) in [4.78, 5) is 8.19. The summed E-state index contributed by atoms with van der Waals surface area (Å²) in [6, 6.07) is 6.73. The molecule has 0 fully saturated rings. The molecule has 88 valence electrons. The number of aromatic nitrogens is 2. The maximum Gasteiger partial charge on any atom is 0.169 e. The number of aromatic hydroxyl groups is 1. The molecule has 2 rings (SSSR count). The van der Waals surface area contributed by atoms with E-state index >= 15 is 0 Å². The second kappa shape index (κ2) is 5.27. The molecule has 0 spiro atoms. The number of rotatable bonds is 4. The molecule has 1 heterocycles. The van der Waals surface area contributed by atoms with Gasteiger partial charge in [-0.05, 0) is 18.7 Å². The standard InChI is InChI=1S/C12H13N3O2/c13-6-5-12-14-7-9(8-15-12)17-11-4-2-1-3-10(11)16/h1-4,7-8,16H,5-6,13H2. The fraction of sp³-hybridized carbons (Fsp3) is 0.167. The zero-order valence-corrected chi connectivity index (χ0v) is 9.21. The Kier molecular flexibility index (Phi) is 3.52. The number of phenolic OH excluding ortho intramolecular Hbond substituents is 1. The fourth-order valence-corrected chi connectivity index (χ4v) is 1.32. The van der Waals surface area contributed by atoms with Crippen LogP contribution in [-0.4, -0.2) is 21.6 Å². The summed E-state index contributed by atoms with van der Waals surface area (Å²) in [6.45, 7) is 0.514. The van der Waals surface area contributed by atoms with Crippen LogP contribution in [0.4, 0.5) is 0 Å². The second-order valence-electron chi connectivity index (χ2n) is 3.44. The van der Waals surface area contributed by atoms with E-state index in [0.717, 1.165) is 0 Å². The lowest BCUT2D eigenvalue weighted by molar-refractivity contribution is 0.409. The Balaban J connectivity index is 2.11. The molecule has 3 N–H and O–H groups in total. The Hall–Kier alpha value is -2.14. The zero-order valence-electron chi connectivity index (χ0n) is 9.21. The maximum absolute atomic E-state index is 9.53. The highest BCUT2D eigenvalue weighted by Crippen LogP contribution is 2.28. The molecule has 1 aromatic carbocycles. The van der Waals surface area contributed by atoms with Crippen LogP contribution in [-0.2, 0) is 6.42 Å². The van der Waals surface area contributed by atoms with Gasteiger partial charge in [-0.2, -0.15) is 0 Å². The van der Waals surface area contributed by atoms with Gasteiger partial charge < -0.3 is 15.6 Å². The molecule has 0 atom stereocenters. The lowest BCUT2D eigenvalue weighted by Crippen LogP contribution is -2.06. The number of para-hydroxylation sites is 2. The predicted octanol–water partition coefficient (Wildman–Crippen LogP) is 1.48. The van der Waals surface area contributed by atoms with Crippen molar-refractivity contribution in [2.45, 2.75) is 6.42 Å². The summed E-state index contributed by atoms with van der Waals surface area (Å²) in [7, 11) is 0. The van der Waals surface area contributed by atoms with Gasteiger partial charge in [0.2, 0.25) is 0 Å². The highest BCUT2D eigenvalue weighted by atomic mass is 16.5. The zero-order chi connectivity index (χ0) is 12.1. The van der Waals surface area contributed by atoms with Crippen molar-refractivity contribution in [3.8, 4) is 17.2 Å². The molecular formula is C12H13N3O2. The van der Waals surface area contributed by atoms with E-state index in [9.17, 15) is 5.11 Å². The Morgan fingerprint density at radius 3 is 2.53 bits per heavy atom. The van der Waals surface area contributed by atoms with E-state index in [4.69, 9.17) is 10.5 Å².